The number of carbonyl (C=O) groups excluding carboxylic acids is 2. The number of carbonyl (C=O) groups is 2. The summed E-state index contributed by atoms with van der Waals surface area (Å²) in [4.78, 5) is 28.6. The molecule has 2 N–H and O–H groups in total. The second-order valence-corrected chi connectivity index (χ2v) is 9.97. The fourth-order valence-electron chi connectivity index (χ4n) is 6.25. The first-order valence-corrected chi connectivity index (χ1v) is 10.8. The van der Waals surface area contributed by atoms with Crippen molar-refractivity contribution < 1.29 is 18.7 Å². The standard InChI is InChI=1S/C22H33N3O4/c1-13(2)18(26)25-20-21(3,4)14-9-15-17(29-8-6-22(15,20)10-14)5-7-23-19(27)16-11-28-12-24-16/h11-15,17,20H,5-10H2,1-4H3,(H,23,27)(H,25,26)/t14-,15-,17-,20-,22-/m1/s1. The molecular weight excluding hydrogens is 370 g/mol. The fraction of sp³-hybridized carbons (Fsp3) is 0.773. The summed E-state index contributed by atoms with van der Waals surface area (Å²) in [5, 5.41) is 6.34. The summed E-state index contributed by atoms with van der Waals surface area (Å²) < 4.78 is 11.1. The summed E-state index contributed by atoms with van der Waals surface area (Å²) in [5.41, 5.74) is 0.506. The molecular formula is C22H33N3O4. The molecule has 0 aromatic carbocycles. The van der Waals surface area contributed by atoms with Crippen LogP contribution in [0.25, 0.3) is 0 Å². The Morgan fingerprint density at radius 3 is 2.83 bits per heavy atom. The zero-order chi connectivity index (χ0) is 20.8. The highest BCUT2D eigenvalue weighted by molar-refractivity contribution is 5.91. The molecule has 2 bridgehead atoms. The van der Waals surface area contributed by atoms with E-state index in [0.29, 0.717) is 24.1 Å². The van der Waals surface area contributed by atoms with Crippen LogP contribution in [0.5, 0.6) is 0 Å². The number of fused-ring (bicyclic) bond motifs is 1. The van der Waals surface area contributed by atoms with Gasteiger partial charge < -0.3 is 19.8 Å². The van der Waals surface area contributed by atoms with Crippen molar-refractivity contribution in [2.45, 2.75) is 65.5 Å². The normalized spacial score (nSPS) is 34.8. The third-order valence-electron chi connectivity index (χ3n) is 7.81. The summed E-state index contributed by atoms with van der Waals surface area (Å²) >= 11 is 0. The van der Waals surface area contributed by atoms with E-state index in [1.54, 1.807) is 0 Å². The van der Waals surface area contributed by atoms with Gasteiger partial charge in [0, 0.05) is 25.1 Å². The topological polar surface area (TPSA) is 93.5 Å². The molecule has 2 amide bonds. The molecule has 3 fully saturated rings. The monoisotopic (exact) mass is 403 g/mol. The predicted molar refractivity (Wildman–Crippen MR) is 107 cm³/mol. The molecule has 0 unspecified atom stereocenters. The molecule has 5 atom stereocenters. The van der Waals surface area contributed by atoms with Crippen LogP contribution in [-0.4, -0.2) is 42.1 Å². The fourth-order valence-corrected chi connectivity index (χ4v) is 6.25. The van der Waals surface area contributed by atoms with Gasteiger partial charge in [-0.1, -0.05) is 27.7 Å². The van der Waals surface area contributed by atoms with Gasteiger partial charge in [-0.05, 0) is 48.3 Å². The first-order chi connectivity index (χ1) is 13.8. The van der Waals surface area contributed by atoms with Crippen LogP contribution in [0.4, 0.5) is 0 Å². The predicted octanol–water partition coefficient (Wildman–Crippen LogP) is 2.78. The van der Waals surface area contributed by atoms with Gasteiger partial charge in [0.15, 0.2) is 12.1 Å². The number of oxazole rings is 1. The van der Waals surface area contributed by atoms with E-state index < -0.39 is 0 Å². The van der Waals surface area contributed by atoms with Gasteiger partial charge >= 0.3 is 0 Å². The molecule has 4 rings (SSSR count). The molecule has 2 heterocycles. The minimum Gasteiger partial charge on any atom is -0.451 e. The highest BCUT2D eigenvalue weighted by Gasteiger charge is 2.68. The summed E-state index contributed by atoms with van der Waals surface area (Å²) in [7, 11) is 0. The minimum absolute atomic E-state index is 0.0119. The van der Waals surface area contributed by atoms with Crippen LogP contribution >= 0.6 is 0 Å². The quantitative estimate of drug-likeness (QED) is 0.762. The van der Waals surface area contributed by atoms with Gasteiger partial charge in [-0.3, -0.25) is 9.59 Å². The van der Waals surface area contributed by atoms with Crippen molar-refractivity contribution >= 4 is 11.8 Å². The number of hydrogen-bond acceptors (Lipinski definition) is 5. The second-order valence-electron chi connectivity index (χ2n) is 9.97. The van der Waals surface area contributed by atoms with E-state index in [0.717, 1.165) is 25.9 Å². The molecule has 0 radical (unpaired) electrons. The number of nitrogens with zero attached hydrogens (tertiary/aromatic N) is 1. The Bertz CT molecular complexity index is 760. The van der Waals surface area contributed by atoms with Crippen LogP contribution in [-0.2, 0) is 9.53 Å². The summed E-state index contributed by atoms with van der Waals surface area (Å²) in [6, 6.07) is 0.185. The lowest BCUT2D eigenvalue weighted by Crippen LogP contribution is -2.60. The van der Waals surface area contributed by atoms with Gasteiger partial charge in [-0.15, -0.1) is 0 Å². The molecule has 7 nitrogen and oxygen atoms in total. The number of aromatic nitrogens is 1. The van der Waals surface area contributed by atoms with Gasteiger partial charge in [-0.2, -0.15) is 0 Å². The number of rotatable bonds is 6. The van der Waals surface area contributed by atoms with E-state index in [2.05, 4.69) is 29.5 Å². The van der Waals surface area contributed by atoms with Crippen LogP contribution in [0, 0.1) is 28.6 Å². The molecule has 160 valence electrons. The second kappa shape index (κ2) is 7.42. The molecule has 29 heavy (non-hydrogen) atoms. The Morgan fingerprint density at radius 2 is 2.14 bits per heavy atom. The minimum atomic E-state index is -0.222. The summed E-state index contributed by atoms with van der Waals surface area (Å²) in [6.07, 6.45) is 6.80. The van der Waals surface area contributed by atoms with Crippen LogP contribution in [0.15, 0.2) is 17.1 Å². The highest BCUT2D eigenvalue weighted by atomic mass is 16.5. The molecule has 1 saturated heterocycles. The van der Waals surface area contributed by atoms with E-state index in [9.17, 15) is 9.59 Å². The molecule has 1 aliphatic heterocycles. The van der Waals surface area contributed by atoms with Crippen molar-refractivity contribution in [3.05, 3.63) is 18.4 Å². The Balaban J connectivity index is 1.44. The van der Waals surface area contributed by atoms with E-state index >= 15 is 0 Å². The molecule has 2 aliphatic carbocycles. The SMILES string of the molecule is CC(C)C(=O)N[C@@H]1C(C)(C)[C@@H]2C[C@@H]3[C@@H](CCNC(=O)c4cocn4)OCC[C@@]31C2. The van der Waals surface area contributed by atoms with Crippen molar-refractivity contribution in [3.8, 4) is 0 Å². The van der Waals surface area contributed by atoms with Crippen molar-refractivity contribution in [2.75, 3.05) is 13.2 Å². The Hall–Kier alpha value is -1.89. The van der Waals surface area contributed by atoms with Crippen LogP contribution in [0.3, 0.4) is 0 Å². The van der Waals surface area contributed by atoms with Crippen molar-refractivity contribution in [3.63, 3.8) is 0 Å². The first kappa shape index (κ1) is 20.4. The third-order valence-corrected chi connectivity index (χ3v) is 7.81. The van der Waals surface area contributed by atoms with Gasteiger partial charge in [0.2, 0.25) is 5.91 Å². The molecule has 7 heteroatoms. The van der Waals surface area contributed by atoms with Gasteiger partial charge in [-0.25, -0.2) is 4.98 Å². The Labute approximate surface area is 172 Å². The average molecular weight is 404 g/mol. The van der Waals surface area contributed by atoms with Crippen molar-refractivity contribution in [2.24, 2.45) is 28.6 Å². The van der Waals surface area contributed by atoms with Crippen LogP contribution in [0.2, 0.25) is 0 Å². The number of amides is 2. The maximum absolute atomic E-state index is 12.6. The number of nitrogens with one attached hydrogen (secondary N) is 2. The first-order valence-electron chi connectivity index (χ1n) is 10.8. The molecule has 1 spiro atoms. The average Bonchev–Trinajstić information content (AvgIpc) is 3.37. The summed E-state index contributed by atoms with van der Waals surface area (Å²) in [6.45, 7) is 9.80. The maximum atomic E-state index is 12.6. The van der Waals surface area contributed by atoms with Crippen LogP contribution < -0.4 is 10.6 Å². The van der Waals surface area contributed by atoms with Gasteiger partial charge in [0.25, 0.3) is 5.91 Å². The smallest absolute Gasteiger partial charge is 0.273 e. The van der Waals surface area contributed by atoms with E-state index in [1.165, 1.54) is 19.1 Å². The van der Waals surface area contributed by atoms with Crippen molar-refractivity contribution in [1.29, 1.82) is 0 Å². The number of ether oxygens (including phenoxy) is 1. The van der Waals surface area contributed by atoms with E-state index in [4.69, 9.17) is 9.15 Å². The van der Waals surface area contributed by atoms with E-state index in [1.807, 2.05) is 13.8 Å². The highest BCUT2D eigenvalue weighted by Crippen LogP contribution is 2.68. The largest absolute Gasteiger partial charge is 0.451 e. The van der Waals surface area contributed by atoms with E-state index in [-0.39, 0.29) is 40.7 Å². The van der Waals surface area contributed by atoms with Gasteiger partial charge in [0.05, 0.1) is 6.10 Å². The van der Waals surface area contributed by atoms with Gasteiger partial charge in [0.1, 0.15) is 6.26 Å². The lowest BCUT2D eigenvalue weighted by molar-refractivity contribution is -0.138. The maximum Gasteiger partial charge on any atom is 0.273 e. The molecule has 3 aliphatic rings. The molecule has 1 aromatic rings. The molecule has 2 saturated carbocycles. The lowest BCUT2D eigenvalue weighted by Gasteiger charge is -2.53. The Kier molecular flexibility index (Phi) is 5.21. The molecule has 1 aromatic heterocycles. The number of hydrogen-bond donors (Lipinski definition) is 2. The Morgan fingerprint density at radius 1 is 1.34 bits per heavy atom. The zero-order valence-electron chi connectivity index (χ0n) is 17.9. The lowest BCUT2D eigenvalue weighted by atomic mass is 9.59. The third kappa shape index (κ3) is 3.37. The van der Waals surface area contributed by atoms with Crippen LogP contribution in [0.1, 0.15) is 63.9 Å². The zero-order valence-corrected chi connectivity index (χ0v) is 17.9. The summed E-state index contributed by atoms with van der Waals surface area (Å²) in [5.74, 6) is 0.934. The van der Waals surface area contributed by atoms with Crippen molar-refractivity contribution in [1.82, 2.24) is 15.6 Å².